The van der Waals surface area contributed by atoms with Crippen molar-refractivity contribution in [1.29, 1.82) is 0 Å². The van der Waals surface area contributed by atoms with Crippen LogP contribution in [0.25, 0.3) is 28.2 Å². The molecular formula is C22H15Cl2FN2. The van der Waals surface area contributed by atoms with Crippen LogP contribution in [-0.4, -0.2) is 4.57 Å². The molecule has 0 amide bonds. The van der Waals surface area contributed by atoms with E-state index in [1.807, 2.05) is 59.2 Å². The van der Waals surface area contributed by atoms with E-state index in [0.717, 1.165) is 22.5 Å². The second-order valence-electron chi connectivity index (χ2n) is 6.15. The summed E-state index contributed by atoms with van der Waals surface area (Å²) >= 11 is 12.2. The van der Waals surface area contributed by atoms with Gasteiger partial charge in [-0.25, -0.2) is 4.39 Å². The van der Waals surface area contributed by atoms with E-state index in [1.54, 1.807) is 18.2 Å². The number of nitrogens with zero attached hydrogens (tertiary/aromatic N) is 1. The maximum Gasteiger partial charge on any atom is 0.165 e. The van der Waals surface area contributed by atoms with Crippen molar-refractivity contribution in [2.75, 3.05) is 5.73 Å². The largest absolute Gasteiger partial charge is 0.399 e. The highest BCUT2D eigenvalue weighted by Gasteiger charge is 2.18. The summed E-state index contributed by atoms with van der Waals surface area (Å²) < 4.78 is 16.7. The van der Waals surface area contributed by atoms with E-state index in [-0.39, 0.29) is 5.02 Å². The number of nitrogen functional groups attached to an aromatic ring is 1. The van der Waals surface area contributed by atoms with Gasteiger partial charge in [-0.05, 0) is 54.1 Å². The number of aromatic nitrogens is 1. The van der Waals surface area contributed by atoms with Crippen LogP contribution in [0.5, 0.6) is 0 Å². The van der Waals surface area contributed by atoms with Gasteiger partial charge in [-0.2, -0.15) is 0 Å². The highest BCUT2D eigenvalue weighted by atomic mass is 35.5. The van der Waals surface area contributed by atoms with Gasteiger partial charge in [0.2, 0.25) is 0 Å². The quantitative estimate of drug-likeness (QED) is 0.377. The molecule has 2 N–H and O–H groups in total. The van der Waals surface area contributed by atoms with Crippen molar-refractivity contribution in [3.8, 4) is 28.2 Å². The first kappa shape index (κ1) is 17.7. The molecule has 3 aromatic carbocycles. The van der Waals surface area contributed by atoms with Crippen molar-refractivity contribution in [1.82, 2.24) is 4.57 Å². The van der Waals surface area contributed by atoms with Crippen LogP contribution >= 0.6 is 23.2 Å². The number of halogens is 3. The third-order valence-electron chi connectivity index (χ3n) is 4.36. The van der Waals surface area contributed by atoms with E-state index in [2.05, 4.69) is 0 Å². The van der Waals surface area contributed by atoms with Crippen molar-refractivity contribution >= 4 is 28.9 Å². The maximum absolute atomic E-state index is 14.9. The zero-order valence-corrected chi connectivity index (χ0v) is 15.7. The van der Waals surface area contributed by atoms with Crippen LogP contribution in [0.2, 0.25) is 10.0 Å². The lowest BCUT2D eigenvalue weighted by atomic mass is 10.1. The van der Waals surface area contributed by atoms with Crippen molar-refractivity contribution in [2.45, 2.75) is 0 Å². The number of nitrogens with two attached hydrogens (primary N) is 1. The molecule has 27 heavy (non-hydrogen) atoms. The smallest absolute Gasteiger partial charge is 0.165 e. The van der Waals surface area contributed by atoms with Gasteiger partial charge < -0.3 is 10.3 Å². The Balaban J connectivity index is 2.03. The molecule has 1 aromatic heterocycles. The average Bonchev–Trinajstić information content (AvgIpc) is 3.09. The Morgan fingerprint density at radius 1 is 0.741 bits per heavy atom. The van der Waals surface area contributed by atoms with E-state index in [4.69, 9.17) is 28.9 Å². The molecule has 0 radical (unpaired) electrons. The van der Waals surface area contributed by atoms with Crippen molar-refractivity contribution in [3.05, 3.63) is 94.7 Å². The summed E-state index contributed by atoms with van der Waals surface area (Å²) in [6.07, 6.45) is 0. The molecule has 0 aliphatic heterocycles. The first-order chi connectivity index (χ1) is 13.0. The highest BCUT2D eigenvalue weighted by Crippen LogP contribution is 2.35. The molecule has 0 aliphatic carbocycles. The first-order valence-electron chi connectivity index (χ1n) is 8.32. The molecule has 0 fully saturated rings. The summed E-state index contributed by atoms with van der Waals surface area (Å²) in [5.41, 5.74) is 10.3. The topological polar surface area (TPSA) is 30.9 Å². The Hall–Kier alpha value is -2.75. The molecule has 4 rings (SSSR count). The second-order valence-corrected chi connectivity index (χ2v) is 6.99. The number of rotatable bonds is 3. The van der Waals surface area contributed by atoms with Crippen molar-refractivity contribution < 1.29 is 4.39 Å². The molecular weight excluding hydrogens is 382 g/mol. The van der Waals surface area contributed by atoms with Gasteiger partial charge in [-0.15, -0.1) is 0 Å². The molecule has 0 bridgehead atoms. The normalized spacial score (nSPS) is 10.9. The van der Waals surface area contributed by atoms with Crippen LogP contribution in [0.3, 0.4) is 0 Å². The van der Waals surface area contributed by atoms with Crippen LogP contribution in [0, 0.1) is 5.82 Å². The number of anilines is 1. The molecule has 4 aromatic rings. The fourth-order valence-electron chi connectivity index (χ4n) is 3.16. The summed E-state index contributed by atoms with van der Waals surface area (Å²) in [5, 5.41) is 0.675. The van der Waals surface area contributed by atoms with Crippen molar-refractivity contribution in [2.24, 2.45) is 0 Å². The molecule has 5 heteroatoms. The zero-order valence-electron chi connectivity index (χ0n) is 14.2. The lowest BCUT2D eigenvalue weighted by Crippen LogP contribution is -2.03. The van der Waals surface area contributed by atoms with E-state index in [1.165, 1.54) is 6.07 Å². The lowest BCUT2D eigenvalue weighted by molar-refractivity contribution is 0.619. The Morgan fingerprint density at radius 3 is 2.04 bits per heavy atom. The number of benzene rings is 3. The predicted octanol–water partition coefficient (Wildman–Crippen LogP) is 6.84. The third-order valence-corrected chi connectivity index (χ3v) is 4.88. The molecule has 0 aliphatic rings. The Kier molecular flexibility index (Phi) is 4.65. The molecule has 134 valence electrons. The summed E-state index contributed by atoms with van der Waals surface area (Å²) in [7, 11) is 0. The fraction of sp³-hybridized carbons (Fsp3) is 0. The zero-order chi connectivity index (χ0) is 19.0. The van der Waals surface area contributed by atoms with E-state index >= 15 is 0 Å². The summed E-state index contributed by atoms with van der Waals surface area (Å²) in [6, 6.07) is 23.8. The molecule has 0 unspecified atom stereocenters. The highest BCUT2D eigenvalue weighted by molar-refractivity contribution is 6.31. The van der Waals surface area contributed by atoms with Crippen LogP contribution in [-0.2, 0) is 0 Å². The van der Waals surface area contributed by atoms with Gasteiger partial charge in [0.15, 0.2) is 5.82 Å². The Bertz CT molecular complexity index is 1070. The summed E-state index contributed by atoms with van der Waals surface area (Å²) in [6.45, 7) is 0. The number of hydrogen-bond acceptors (Lipinski definition) is 1. The van der Waals surface area contributed by atoms with Crippen LogP contribution < -0.4 is 5.73 Å². The van der Waals surface area contributed by atoms with Gasteiger partial charge in [0, 0.05) is 16.3 Å². The standard InChI is InChI=1S/C22H15Cl2FN2/c23-16-6-1-4-14(12-16)19-10-11-20(15-5-2-7-17(26)13-15)27(19)21-9-3-8-18(24)22(21)25/h1-13H,26H2. The van der Waals surface area contributed by atoms with Gasteiger partial charge in [0.25, 0.3) is 0 Å². The van der Waals surface area contributed by atoms with Crippen LogP contribution in [0.15, 0.2) is 78.9 Å². The Morgan fingerprint density at radius 2 is 1.37 bits per heavy atom. The van der Waals surface area contributed by atoms with Gasteiger partial charge in [0.05, 0.1) is 22.1 Å². The molecule has 0 saturated carbocycles. The molecule has 0 spiro atoms. The lowest BCUT2D eigenvalue weighted by Gasteiger charge is -2.16. The number of hydrogen-bond donors (Lipinski definition) is 1. The fourth-order valence-corrected chi connectivity index (χ4v) is 3.52. The van der Waals surface area contributed by atoms with Gasteiger partial charge in [-0.3, -0.25) is 0 Å². The Labute approximate surface area is 166 Å². The van der Waals surface area contributed by atoms with E-state index in [0.29, 0.717) is 16.4 Å². The van der Waals surface area contributed by atoms with Crippen LogP contribution in [0.1, 0.15) is 0 Å². The second kappa shape index (κ2) is 7.10. The van der Waals surface area contributed by atoms with Gasteiger partial charge in [0.1, 0.15) is 0 Å². The van der Waals surface area contributed by atoms with E-state index in [9.17, 15) is 4.39 Å². The van der Waals surface area contributed by atoms with Gasteiger partial charge in [-0.1, -0.05) is 53.5 Å². The average molecular weight is 397 g/mol. The summed E-state index contributed by atoms with van der Waals surface area (Å²) in [5.74, 6) is -0.483. The minimum atomic E-state index is -0.483. The minimum Gasteiger partial charge on any atom is -0.399 e. The van der Waals surface area contributed by atoms with Crippen molar-refractivity contribution in [3.63, 3.8) is 0 Å². The molecule has 0 atom stereocenters. The van der Waals surface area contributed by atoms with Gasteiger partial charge >= 0.3 is 0 Å². The molecule has 0 saturated heterocycles. The molecule has 2 nitrogen and oxygen atoms in total. The SMILES string of the molecule is Nc1cccc(-c2ccc(-c3cccc(Cl)c3)n2-c2cccc(Cl)c2F)c1. The first-order valence-corrected chi connectivity index (χ1v) is 9.08. The molecule has 1 heterocycles. The van der Waals surface area contributed by atoms with E-state index < -0.39 is 5.82 Å². The maximum atomic E-state index is 14.9. The predicted molar refractivity (Wildman–Crippen MR) is 111 cm³/mol. The summed E-state index contributed by atoms with van der Waals surface area (Å²) in [4.78, 5) is 0. The minimum absolute atomic E-state index is 0.0665. The third kappa shape index (κ3) is 3.32. The van der Waals surface area contributed by atoms with Crippen LogP contribution in [0.4, 0.5) is 10.1 Å². The monoisotopic (exact) mass is 396 g/mol.